The summed E-state index contributed by atoms with van der Waals surface area (Å²) >= 11 is 0. The third-order valence-corrected chi connectivity index (χ3v) is 3.06. The molecule has 0 atom stereocenters. The third kappa shape index (κ3) is 3.98. The summed E-state index contributed by atoms with van der Waals surface area (Å²) in [7, 11) is 1.82. The Morgan fingerprint density at radius 3 is 2.24 bits per heavy atom. The van der Waals surface area contributed by atoms with Crippen LogP contribution in [0.15, 0.2) is 48.5 Å². The molecule has 2 aromatic rings. The summed E-state index contributed by atoms with van der Waals surface area (Å²) in [6.45, 7) is 0.741. The first-order chi connectivity index (χ1) is 10.0. The van der Waals surface area contributed by atoms with Crippen molar-refractivity contribution in [3.8, 4) is 5.75 Å². The molecular weight excluding hydrogens is 279 g/mol. The molecule has 0 aliphatic carbocycles. The van der Waals surface area contributed by atoms with Gasteiger partial charge in [0.1, 0.15) is 12.4 Å². The summed E-state index contributed by atoms with van der Waals surface area (Å²) in [6, 6.07) is 12.7. The van der Waals surface area contributed by atoms with Crippen LogP contribution in [-0.2, 0) is 19.3 Å². The van der Waals surface area contributed by atoms with E-state index in [0.29, 0.717) is 6.54 Å². The topological polar surface area (TPSA) is 21.3 Å². The van der Waals surface area contributed by atoms with E-state index in [2.05, 4.69) is 5.32 Å². The molecule has 0 aromatic heterocycles. The number of alkyl halides is 3. The van der Waals surface area contributed by atoms with E-state index in [1.807, 2.05) is 31.3 Å². The van der Waals surface area contributed by atoms with Crippen LogP contribution in [0, 0.1) is 0 Å². The van der Waals surface area contributed by atoms with E-state index in [0.717, 1.165) is 17.2 Å². The highest BCUT2D eigenvalue weighted by molar-refractivity contribution is 5.36. The van der Waals surface area contributed by atoms with Crippen molar-refractivity contribution < 1.29 is 17.9 Å². The number of rotatable bonds is 5. The van der Waals surface area contributed by atoms with Gasteiger partial charge in [-0.15, -0.1) is 0 Å². The molecule has 112 valence electrons. The maximum absolute atomic E-state index is 12.9. The van der Waals surface area contributed by atoms with E-state index >= 15 is 0 Å². The van der Waals surface area contributed by atoms with Gasteiger partial charge in [-0.2, -0.15) is 13.2 Å². The number of halogens is 3. The number of hydrogen-bond donors (Lipinski definition) is 1. The normalized spacial score (nSPS) is 11.4. The van der Waals surface area contributed by atoms with Gasteiger partial charge in [0.25, 0.3) is 0 Å². The predicted octanol–water partition coefficient (Wildman–Crippen LogP) is 4.00. The lowest BCUT2D eigenvalue weighted by Gasteiger charge is -2.15. The smallest absolute Gasteiger partial charge is 0.419 e. The van der Waals surface area contributed by atoms with Crippen molar-refractivity contribution in [3.63, 3.8) is 0 Å². The molecular formula is C16H16F3NO. The minimum Gasteiger partial charge on any atom is -0.488 e. The Morgan fingerprint density at radius 2 is 1.57 bits per heavy atom. The third-order valence-electron chi connectivity index (χ3n) is 3.06. The number of benzene rings is 2. The summed E-state index contributed by atoms with van der Waals surface area (Å²) in [5.41, 5.74) is 1.12. The van der Waals surface area contributed by atoms with E-state index in [9.17, 15) is 13.2 Å². The molecule has 0 aliphatic heterocycles. The fourth-order valence-corrected chi connectivity index (χ4v) is 2.04. The van der Waals surface area contributed by atoms with Gasteiger partial charge < -0.3 is 10.1 Å². The summed E-state index contributed by atoms with van der Waals surface area (Å²) in [5, 5.41) is 3.02. The van der Waals surface area contributed by atoms with E-state index in [-0.39, 0.29) is 12.4 Å². The van der Waals surface area contributed by atoms with Crippen LogP contribution < -0.4 is 10.1 Å². The average molecular weight is 295 g/mol. The second-order valence-corrected chi connectivity index (χ2v) is 4.58. The highest BCUT2D eigenvalue weighted by Crippen LogP contribution is 2.36. The molecule has 0 spiro atoms. The molecule has 0 saturated heterocycles. The Bertz CT molecular complexity index is 596. The Hall–Kier alpha value is -2.01. The predicted molar refractivity (Wildman–Crippen MR) is 75.0 cm³/mol. The Labute approximate surface area is 121 Å². The van der Waals surface area contributed by atoms with Gasteiger partial charge in [0.2, 0.25) is 0 Å². The Kier molecular flexibility index (Phi) is 4.85. The van der Waals surface area contributed by atoms with Crippen LogP contribution in [0.1, 0.15) is 16.7 Å². The van der Waals surface area contributed by atoms with Crippen LogP contribution in [0.5, 0.6) is 5.75 Å². The average Bonchev–Trinajstić information content (AvgIpc) is 2.46. The van der Waals surface area contributed by atoms with Crippen molar-refractivity contribution in [3.05, 3.63) is 65.2 Å². The van der Waals surface area contributed by atoms with Crippen LogP contribution in [0.25, 0.3) is 0 Å². The fraction of sp³-hybridized carbons (Fsp3) is 0.250. The first-order valence-electron chi connectivity index (χ1n) is 6.53. The van der Waals surface area contributed by atoms with Crippen molar-refractivity contribution >= 4 is 0 Å². The summed E-state index contributed by atoms with van der Waals surface area (Å²) in [5.74, 6) is -0.149. The van der Waals surface area contributed by atoms with E-state index < -0.39 is 11.7 Å². The molecule has 1 N–H and O–H groups in total. The fourth-order valence-electron chi connectivity index (χ4n) is 2.04. The van der Waals surface area contributed by atoms with Crippen molar-refractivity contribution in [1.82, 2.24) is 5.32 Å². The molecule has 5 heteroatoms. The van der Waals surface area contributed by atoms with Crippen molar-refractivity contribution in [2.45, 2.75) is 19.3 Å². The van der Waals surface area contributed by atoms with Crippen LogP contribution in [0.2, 0.25) is 0 Å². The lowest BCUT2D eigenvalue weighted by atomic mass is 10.1. The number of ether oxygens (including phenoxy) is 1. The van der Waals surface area contributed by atoms with Gasteiger partial charge in [0.15, 0.2) is 0 Å². The van der Waals surface area contributed by atoms with Gasteiger partial charge in [0.05, 0.1) is 5.56 Å². The first-order valence-corrected chi connectivity index (χ1v) is 6.53. The molecule has 0 fully saturated rings. The minimum absolute atomic E-state index is 0.102. The van der Waals surface area contributed by atoms with Gasteiger partial charge in [-0.1, -0.05) is 36.4 Å². The maximum atomic E-state index is 12.9. The minimum atomic E-state index is -4.42. The summed E-state index contributed by atoms with van der Waals surface area (Å²) in [4.78, 5) is 0. The molecule has 0 heterocycles. The Morgan fingerprint density at radius 1 is 0.952 bits per heavy atom. The van der Waals surface area contributed by atoms with Gasteiger partial charge in [0, 0.05) is 6.54 Å². The van der Waals surface area contributed by atoms with Crippen molar-refractivity contribution in [2.24, 2.45) is 0 Å². The number of nitrogens with one attached hydrogen (secondary N) is 1. The molecule has 0 radical (unpaired) electrons. The van der Waals surface area contributed by atoms with Gasteiger partial charge >= 0.3 is 6.18 Å². The van der Waals surface area contributed by atoms with Crippen LogP contribution in [0.4, 0.5) is 13.2 Å². The van der Waals surface area contributed by atoms with Gasteiger partial charge in [-0.25, -0.2) is 0 Å². The molecule has 2 nitrogen and oxygen atoms in total. The lowest BCUT2D eigenvalue weighted by Crippen LogP contribution is -2.11. The zero-order chi connectivity index (χ0) is 15.3. The highest BCUT2D eigenvalue weighted by atomic mass is 19.4. The number of hydrogen-bond acceptors (Lipinski definition) is 2. The molecule has 0 unspecified atom stereocenters. The van der Waals surface area contributed by atoms with Crippen LogP contribution >= 0.6 is 0 Å². The second kappa shape index (κ2) is 6.63. The Balaban J connectivity index is 2.18. The molecule has 0 aliphatic rings. The standard InChI is InChI=1S/C16H16F3NO/c1-20-10-12-6-2-3-7-13(12)11-21-15-9-5-4-8-14(15)16(17,18)19/h2-9,20H,10-11H2,1H3. The van der Waals surface area contributed by atoms with Crippen molar-refractivity contribution in [1.29, 1.82) is 0 Å². The summed E-state index contributed by atoms with van der Waals surface area (Å²) < 4.78 is 44.0. The maximum Gasteiger partial charge on any atom is 0.419 e. The molecule has 0 saturated carbocycles. The highest BCUT2D eigenvalue weighted by Gasteiger charge is 2.33. The molecule has 21 heavy (non-hydrogen) atoms. The van der Waals surface area contributed by atoms with Crippen LogP contribution in [0.3, 0.4) is 0 Å². The lowest BCUT2D eigenvalue weighted by molar-refractivity contribution is -0.139. The zero-order valence-corrected chi connectivity index (χ0v) is 11.6. The number of para-hydroxylation sites is 1. The quantitative estimate of drug-likeness (QED) is 0.900. The summed E-state index contributed by atoms with van der Waals surface area (Å²) in [6.07, 6.45) is -4.42. The van der Waals surface area contributed by atoms with E-state index in [1.165, 1.54) is 18.2 Å². The monoisotopic (exact) mass is 295 g/mol. The van der Waals surface area contributed by atoms with Gasteiger partial charge in [-0.3, -0.25) is 0 Å². The molecule has 2 rings (SSSR count). The largest absolute Gasteiger partial charge is 0.488 e. The first kappa shape index (κ1) is 15.4. The molecule has 0 bridgehead atoms. The van der Waals surface area contributed by atoms with E-state index in [1.54, 1.807) is 0 Å². The molecule has 2 aromatic carbocycles. The zero-order valence-electron chi connectivity index (χ0n) is 11.6. The second-order valence-electron chi connectivity index (χ2n) is 4.58. The molecule has 0 amide bonds. The van der Waals surface area contributed by atoms with Crippen molar-refractivity contribution in [2.75, 3.05) is 7.05 Å². The SMILES string of the molecule is CNCc1ccccc1COc1ccccc1C(F)(F)F. The van der Waals surface area contributed by atoms with Crippen LogP contribution in [-0.4, -0.2) is 7.05 Å². The van der Waals surface area contributed by atoms with Gasteiger partial charge in [-0.05, 0) is 30.3 Å². The van der Waals surface area contributed by atoms with E-state index in [4.69, 9.17) is 4.74 Å².